The monoisotopic (exact) mass is 434 g/mol. The number of amides is 1. The molecule has 5 nitrogen and oxygen atoms in total. The molecule has 1 amide bonds. The molecular formula is C21H17F3N2O3S. The highest BCUT2D eigenvalue weighted by Crippen LogP contribution is 2.22. The van der Waals surface area contributed by atoms with E-state index in [0.717, 1.165) is 34.6 Å². The maximum absolute atomic E-state index is 14.2. The Morgan fingerprint density at radius 1 is 0.867 bits per heavy atom. The van der Waals surface area contributed by atoms with E-state index in [1.54, 1.807) is 30.3 Å². The molecule has 0 spiro atoms. The lowest BCUT2D eigenvalue weighted by molar-refractivity contribution is -0.116. The van der Waals surface area contributed by atoms with Gasteiger partial charge in [0.05, 0.1) is 12.2 Å². The Morgan fingerprint density at radius 3 is 2.23 bits per heavy atom. The number of hydrogen-bond donors (Lipinski definition) is 1. The van der Waals surface area contributed by atoms with Crippen LogP contribution in [0, 0.1) is 17.5 Å². The maximum atomic E-state index is 14.2. The zero-order valence-corrected chi connectivity index (χ0v) is 16.4. The molecule has 0 aliphatic carbocycles. The van der Waals surface area contributed by atoms with E-state index in [0.29, 0.717) is 5.56 Å². The van der Waals surface area contributed by atoms with Gasteiger partial charge in [-0.25, -0.2) is 21.6 Å². The highest BCUT2D eigenvalue weighted by Gasteiger charge is 2.29. The van der Waals surface area contributed by atoms with Crippen LogP contribution in [0.2, 0.25) is 0 Å². The predicted molar refractivity (Wildman–Crippen MR) is 105 cm³/mol. The lowest BCUT2D eigenvalue weighted by Gasteiger charge is -2.22. The Morgan fingerprint density at radius 2 is 1.53 bits per heavy atom. The molecule has 3 aromatic rings. The molecule has 0 fully saturated rings. The quantitative estimate of drug-likeness (QED) is 0.613. The molecule has 30 heavy (non-hydrogen) atoms. The van der Waals surface area contributed by atoms with E-state index in [4.69, 9.17) is 0 Å². The third kappa shape index (κ3) is 5.05. The Balaban J connectivity index is 1.90. The van der Waals surface area contributed by atoms with Crippen molar-refractivity contribution in [2.24, 2.45) is 0 Å². The van der Waals surface area contributed by atoms with Crippen molar-refractivity contribution in [2.75, 3.05) is 11.9 Å². The minimum Gasteiger partial charge on any atom is -0.322 e. The fraction of sp³-hybridized carbons (Fsp3) is 0.0952. The number of sulfonamides is 1. The molecule has 0 aliphatic rings. The molecule has 0 bridgehead atoms. The third-order valence-corrected chi connectivity index (χ3v) is 6.00. The van der Waals surface area contributed by atoms with E-state index >= 15 is 0 Å². The van der Waals surface area contributed by atoms with Crippen molar-refractivity contribution in [3.63, 3.8) is 0 Å². The van der Waals surface area contributed by atoms with Gasteiger partial charge < -0.3 is 5.32 Å². The van der Waals surface area contributed by atoms with Gasteiger partial charge in [0.1, 0.15) is 22.3 Å². The van der Waals surface area contributed by atoms with E-state index in [-0.39, 0.29) is 6.54 Å². The summed E-state index contributed by atoms with van der Waals surface area (Å²) < 4.78 is 68.2. The first kappa shape index (κ1) is 21.5. The molecule has 0 aromatic heterocycles. The SMILES string of the molecule is O=C(CN(Cc1ccccc1)S(=O)(=O)c1ccccc1F)Nc1cc(F)ccc1F. The number of hydrogen-bond acceptors (Lipinski definition) is 3. The lowest BCUT2D eigenvalue weighted by Crippen LogP contribution is -2.38. The van der Waals surface area contributed by atoms with E-state index in [1.165, 1.54) is 12.1 Å². The van der Waals surface area contributed by atoms with Gasteiger partial charge in [-0.15, -0.1) is 0 Å². The number of rotatable bonds is 7. The van der Waals surface area contributed by atoms with Crippen molar-refractivity contribution in [1.82, 2.24) is 4.31 Å². The Labute approximate surface area is 171 Å². The number of halogens is 3. The van der Waals surface area contributed by atoms with Crippen LogP contribution < -0.4 is 5.32 Å². The van der Waals surface area contributed by atoms with Crippen LogP contribution in [0.25, 0.3) is 0 Å². The number of nitrogens with one attached hydrogen (secondary N) is 1. The van der Waals surface area contributed by atoms with Crippen molar-refractivity contribution in [2.45, 2.75) is 11.4 Å². The van der Waals surface area contributed by atoms with E-state index in [2.05, 4.69) is 5.32 Å². The zero-order chi connectivity index (χ0) is 21.7. The summed E-state index contributed by atoms with van der Waals surface area (Å²) in [7, 11) is -4.41. The summed E-state index contributed by atoms with van der Waals surface area (Å²) >= 11 is 0. The first-order chi connectivity index (χ1) is 14.3. The first-order valence-electron chi connectivity index (χ1n) is 8.81. The third-order valence-electron chi connectivity index (χ3n) is 4.18. The summed E-state index contributed by atoms with van der Waals surface area (Å²) in [5.41, 5.74) is 0.130. The van der Waals surface area contributed by atoms with Crippen LogP contribution in [0.5, 0.6) is 0 Å². The van der Waals surface area contributed by atoms with Crippen LogP contribution in [0.4, 0.5) is 18.9 Å². The molecule has 156 valence electrons. The van der Waals surface area contributed by atoms with Gasteiger partial charge in [0.25, 0.3) is 0 Å². The minimum atomic E-state index is -4.41. The first-order valence-corrected chi connectivity index (χ1v) is 10.2. The maximum Gasteiger partial charge on any atom is 0.246 e. The standard InChI is InChI=1S/C21H17F3N2O3S/c22-16-10-11-17(23)19(12-16)25-21(27)14-26(13-15-6-2-1-3-7-15)30(28,29)20-9-5-4-8-18(20)24/h1-12H,13-14H2,(H,25,27). The van der Waals surface area contributed by atoms with E-state index < -0.39 is 50.5 Å². The normalized spacial score (nSPS) is 11.5. The smallest absolute Gasteiger partial charge is 0.246 e. The number of carbonyl (C=O) groups is 1. The fourth-order valence-corrected chi connectivity index (χ4v) is 4.20. The average Bonchev–Trinajstić information content (AvgIpc) is 2.71. The van der Waals surface area contributed by atoms with Crippen LogP contribution in [-0.2, 0) is 21.4 Å². The van der Waals surface area contributed by atoms with Crippen LogP contribution in [0.1, 0.15) is 5.56 Å². The summed E-state index contributed by atoms with van der Waals surface area (Å²) in [5.74, 6) is -3.52. The van der Waals surface area contributed by atoms with Crippen molar-refractivity contribution >= 4 is 21.6 Å². The molecular weight excluding hydrogens is 417 g/mol. The number of anilines is 1. The predicted octanol–water partition coefficient (Wildman–Crippen LogP) is 3.93. The van der Waals surface area contributed by atoms with Gasteiger partial charge in [-0.2, -0.15) is 4.31 Å². The van der Waals surface area contributed by atoms with Gasteiger partial charge in [-0.3, -0.25) is 4.79 Å². The Hall–Kier alpha value is -3.17. The number of carbonyl (C=O) groups excluding carboxylic acids is 1. The van der Waals surface area contributed by atoms with E-state index in [9.17, 15) is 26.4 Å². The highest BCUT2D eigenvalue weighted by molar-refractivity contribution is 7.89. The van der Waals surface area contributed by atoms with Gasteiger partial charge in [0.2, 0.25) is 15.9 Å². The van der Waals surface area contributed by atoms with Gasteiger partial charge in [-0.1, -0.05) is 42.5 Å². The summed E-state index contributed by atoms with van der Waals surface area (Å²) in [4.78, 5) is 11.8. The second kappa shape index (κ2) is 9.10. The Bertz CT molecular complexity index is 1160. The van der Waals surface area contributed by atoms with Crippen LogP contribution in [0.3, 0.4) is 0 Å². The molecule has 3 aromatic carbocycles. The molecule has 0 unspecified atom stereocenters. The van der Waals surface area contributed by atoms with Gasteiger partial charge in [0, 0.05) is 12.6 Å². The second-order valence-electron chi connectivity index (χ2n) is 6.36. The molecule has 0 heterocycles. The Kier molecular flexibility index (Phi) is 6.53. The van der Waals surface area contributed by atoms with Crippen LogP contribution >= 0.6 is 0 Å². The second-order valence-corrected chi connectivity index (χ2v) is 8.27. The average molecular weight is 434 g/mol. The number of benzene rings is 3. The molecule has 0 saturated carbocycles. The fourth-order valence-electron chi connectivity index (χ4n) is 2.75. The molecule has 0 radical (unpaired) electrons. The highest BCUT2D eigenvalue weighted by atomic mass is 32.2. The van der Waals surface area contributed by atoms with Crippen LogP contribution in [-0.4, -0.2) is 25.2 Å². The topological polar surface area (TPSA) is 66.5 Å². The minimum absolute atomic E-state index is 0.226. The van der Waals surface area contributed by atoms with Gasteiger partial charge in [0.15, 0.2) is 0 Å². The molecule has 9 heteroatoms. The molecule has 0 atom stereocenters. The molecule has 0 saturated heterocycles. The van der Waals surface area contributed by atoms with Crippen molar-refractivity contribution in [1.29, 1.82) is 0 Å². The van der Waals surface area contributed by atoms with Crippen molar-refractivity contribution < 1.29 is 26.4 Å². The number of nitrogens with zero attached hydrogens (tertiary/aromatic N) is 1. The largest absolute Gasteiger partial charge is 0.322 e. The molecule has 3 rings (SSSR count). The zero-order valence-electron chi connectivity index (χ0n) is 15.6. The van der Waals surface area contributed by atoms with Crippen molar-refractivity contribution in [3.05, 3.63) is 95.8 Å². The van der Waals surface area contributed by atoms with Crippen molar-refractivity contribution in [3.8, 4) is 0 Å². The molecule has 0 aliphatic heterocycles. The lowest BCUT2D eigenvalue weighted by atomic mass is 10.2. The van der Waals surface area contributed by atoms with E-state index in [1.807, 2.05) is 0 Å². The molecule has 1 N–H and O–H groups in total. The van der Waals surface area contributed by atoms with Gasteiger partial charge in [-0.05, 0) is 29.8 Å². The van der Waals surface area contributed by atoms with Gasteiger partial charge >= 0.3 is 0 Å². The summed E-state index contributed by atoms with van der Waals surface area (Å²) in [6.07, 6.45) is 0. The van der Waals surface area contributed by atoms with Crippen LogP contribution in [0.15, 0.2) is 77.7 Å². The summed E-state index contributed by atoms with van der Waals surface area (Å²) in [6, 6.07) is 15.7. The summed E-state index contributed by atoms with van der Waals surface area (Å²) in [5, 5.41) is 2.15. The summed E-state index contributed by atoms with van der Waals surface area (Å²) in [6.45, 7) is -0.960.